The number of anilines is 1. The van der Waals surface area contributed by atoms with Gasteiger partial charge in [-0.1, -0.05) is 26.0 Å². The summed E-state index contributed by atoms with van der Waals surface area (Å²) in [6.07, 6.45) is 6.95. The van der Waals surface area contributed by atoms with Gasteiger partial charge in [0.2, 0.25) is 0 Å². The van der Waals surface area contributed by atoms with Crippen molar-refractivity contribution in [3.05, 3.63) is 84.6 Å². The van der Waals surface area contributed by atoms with Crippen LogP contribution in [-0.4, -0.2) is 24.5 Å². The molecule has 0 aliphatic rings. The molecule has 0 fully saturated rings. The van der Waals surface area contributed by atoms with Crippen molar-refractivity contribution >= 4 is 16.9 Å². The molecule has 0 amide bonds. The van der Waals surface area contributed by atoms with Gasteiger partial charge in [-0.25, -0.2) is 24.3 Å². The smallest absolute Gasteiger partial charge is 0.146 e. The van der Waals surface area contributed by atoms with Gasteiger partial charge in [0, 0.05) is 59.9 Å². The van der Waals surface area contributed by atoms with Crippen molar-refractivity contribution in [1.29, 1.82) is 0 Å². The van der Waals surface area contributed by atoms with Crippen LogP contribution in [0.15, 0.2) is 67.4 Å². The van der Waals surface area contributed by atoms with Gasteiger partial charge in [0.25, 0.3) is 0 Å². The van der Waals surface area contributed by atoms with Crippen LogP contribution in [-0.2, 0) is 6.61 Å². The Morgan fingerprint density at radius 2 is 1.61 bits per heavy atom. The van der Waals surface area contributed by atoms with Crippen LogP contribution in [0.5, 0.6) is 17.2 Å². The number of aromatic nitrogens is 5. The Hall–Kier alpha value is -4.53. The zero-order valence-corrected chi connectivity index (χ0v) is 21.7. The van der Waals surface area contributed by atoms with E-state index in [1.165, 1.54) is 18.5 Å². The second-order valence-electron chi connectivity index (χ2n) is 9.64. The van der Waals surface area contributed by atoms with Crippen LogP contribution in [0.3, 0.4) is 0 Å². The number of nitrogens with two attached hydrogens (primary N) is 1. The topological polar surface area (TPSA) is 101 Å². The number of halogens is 1. The first kappa shape index (κ1) is 25.1. The zero-order chi connectivity index (χ0) is 26.8. The molecule has 2 N–H and O–H groups in total. The molecule has 38 heavy (non-hydrogen) atoms. The van der Waals surface area contributed by atoms with Gasteiger partial charge in [-0.2, -0.15) is 0 Å². The average Bonchev–Trinajstić information content (AvgIpc) is 3.29. The highest BCUT2D eigenvalue weighted by molar-refractivity contribution is 6.00. The maximum absolute atomic E-state index is 14.3. The van der Waals surface area contributed by atoms with Crippen molar-refractivity contribution in [2.24, 2.45) is 0 Å². The molecule has 9 heteroatoms. The van der Waals surface area contributed by atoms with Gasteiger partial charge >= 0.3 is 0 Å². The van der Waals surface area contributed by atoms with Crippen LogP contribution in [0.1, 0.15) is 51.0 Å². The van der Waals surface area contributed by atoms with Crippen molar-refractivity contribution in [2.75, 3.05) is 5.73 Å². The molecule has 2 aromatic carbocycles. The summed E-state index contributed by atoms with van der Waals surface area (Å²) in [6.45, 7) is 8.46. The maximum Gasteiger partial charge on any atom is 0.146 e. The fourth-order valence-corrected chi connectivity index (χ4v) is 4.14. The monoisotopic (exact) mass is 512 g/mol. The Kier molecular flexibility index (Phi) is 6.91. The van der Waals surface area contributed by atoms with E-state index in [4.69, 9.17) is 15.2 Å². The van der Waals surface area contributed by atoms with Crippen LogP contribution in [0.25, 0.3) is 22.2 Å². The SMILES string of the molecule is CC(C)c1ncc(COc2cc(F)cc(Oc3ccc(-c4cn(C(C)C)c5ncnc(N)c45)cc3)c2)cn1. The third-order valence-electron chi connectivity index (χ3n) is 6.09. The molecule has 0 spiro atoms. The van der Waals surface area contributed by atoms with E-state index in [0.717, 1.165) is 33.5 Å². The lowest BCUT2D eigenvalue weighted by molar-refractivity contribution is 0.301. The molecule has 194 valence electrons. The molecular weight excluding hydrogens is 483 g/mol. The number of hydrogen-bond donors (Lipinski definition) is 1. The summed E-state index contributed by atoms with van der Waals surface area (Å²) < 4.78 is 28.1. The lowest BCUT2D eigenvalue weighted by Crippen LogP contribution is -2.01. The van der Waals surface area contributed by atoms with E-state index in [9.17, 15) is 4.39 Å². The average molecular weight is 513 g/mol. The molecule has 0 aliphatic carbocycles. The quantitative estimate of drug-likeness (QED) is 0.247. The third-order valence-corrected chi connectivity index (χ3v) is 6.09. The van der Waals surface area contributed by atoms with E-state index in [0.29, 0.717) is 23.1 Å². The van der Waals surface area contributed by atoms with Gasteiger partial charge in [-0.3, -0.25) is 0 Å². The first-order valence-electron chi connectivity index (χ1n) is 12.4. The van der Waals surface area contributed by atoms with Crippen molar-refractivity contribution < 1.29 is 13.9 Å². The first-order valence-corrected chi connectivity index (χ1v) is 12.4. The molecule has 0 saturated heterocycles. The number of benzene rings is 2. The molecule has 0 saturated carbocycles. The number of nitrogens with zero attached hydrogens (tertiary/aromatic N) is 5. The molecule has 0 atom stereocenters. The minimum absolute atomic E-state index is 0.208. The standard InChI is InChI=1S/C29H29FN6O2/c1-17(2)28-32-12-19(13-33-28)15-37-23-9-21(30)10-24(11-23)38-22-7-5-20(6-8-22)25-14-36(18(3)4)29-26(25)27(31)34-16-35-29/h5-14,16-18H,15H2,1-4H3,(H2,31,34,35). The van der Waals surface area contributed by atoms with Crippen molar-refractivity contribution in [3.8, 4) is 28.4 Å². The fourth-order valence-electron chi connectivity index (χ4n) is 4.14. The molecule has 0 unspecified atom stereocenters. The molecule has 0 aliphatic heterocycles. The Labute approximate surface area is 220 Å². The summed E-state index contributed by atoms with van der Waals surface area (Å²) in [5, 5.41) is 0.811. The normalized spacial score (nSPS) is 11.4. The predicted molar refractivity (Wildman–Crippen MR) is 145 cm³/mol. The Bertz CT molecular complexity index is 1560. The molecule has 0 radical (unpaired) electrons. The summed E-state index contributed by atoms with van der Waals surface area (Å²) >= 11 is 0. The van der Waals surface area contributed by atoms with E-state index in [2.05, 4.69) is 38.4 Å². The maximum atomic E-state index is 14.3. The highest BCUT2D eigenvalue weighted by atomic mass is 19.1. The number of rotatable bonds is 8. The minimum Gasteiger partial charge on any atom is -0.489 e. The summed E-state index contributed by atoms with van der Waals surface area (Å²) in [7, 11) is 0. The van der Waals surface area contributed by atoms with Crippen LogP contribution in [0, 0.1) is 5.82 Å². The van der Waals surface area contributed by atoms with Gasteiger partial charge in [0.1, 0.15) is 53.3 Å². The molecule has 0 bridgehead atoms. The van der Waals surface area contributed by atoms with Gasteiger partial charge in [-0.15, -0.1) is 0 Å². The summed E-state index contributed by atoms with van der Waals surface area (Å²) in [4.78, 5) is 17.3. The Balaban J connectivity index is 1.33. The summed E-state index contributed by atoms with van der Waals surface area (Å²) in [5.41, 5.74) is 9.66. The molecular formula is C29H29FN6O2. The van der Waals surface area contributed by atoms with E-state index in [1.807, 2.05) is 44.3 Å². The number of nitrogen functional groups attached to an aromatic ring is 1. The molecule has 8 nitrogen and oxygen atoms in total. The summed E-state index contributed by atoms with van der Waals surface area (Å²) in [6, 6.07) is 12.0. The van der Waals surface area contributed by atoms with E-state index in [1.54, 1.807) is 18.5 Å². The third kappa shape index (κ3) is 5.27. The Morgan fingerprint density at radius 3 is 2.29 bits per heavy atom. The van der Waals surface area contributed by atoms with Crippen LogP contribution in [0.2, 0.25) is 0 Å². The zero-order valence-electron chi connectivity index (χ0n) is 21.7. The molecule has 5 aromatic rings. The van der Waals surface area contributed by atoms with Gasteiger partial charge in [-0.05, 0) is 31.5 Å². The highest BCUT2D eigenvalue weighted by Crippen LogP contribution is 2.35. The van der Waals surface area contributed by atoms with Crippen molar-refractivity contribution in [3.63, 3.8) is 0 Å². The van der Waals surface area contributed by atoms with Crippen LogP contribution < -0.4 is 15.2 Å². The predicted octanol–water partition coefficient (Wildman–Crippen LogP) is 6.69. The minimum atomic E-state index is -0.461. The number of fused-ring (bicyclic) bond motifs is 1. The molecule has 3 aromatic heterocycles. The fraction of sp³-hybridized carbons (Fsp3) is 0.241. The number of ether oxygens (including phenoxy) is 2. The van der Waals surface area contributed by atoms with Gasteiger partial charge < -0.3 is 19.8 Å². The van der Waals surface area contributed by atoms with E-state index in [-0.39, 0.29) is 18.6 Å². The van der Waals surface area contributed by atoms with Crippen LogP contribution in [0.4, 0.5) is 10.2 Å². The number of hydrogen-bond acceptors (Lipinski definition) is 7. The first-order chi connectivity index (χ1) is 18.3. The van der Waals surface area contributed by atoms with E-state index < -0.39 is 5.82 Å². The highest BCUT2D eigenvalue weighted by Gasteiger charge is 2.16. The lowest BCUT2D eigenvalue weighted by atomic mass is 10.1. The van der Waals surface area contributed by atoms with E-state index >= 15 is 0 Å². The van der Waals surface area contributed by atoms with Gasteiger partial charge in [0.05, 0.1) is 5.39 Å². The second-order valence-corrected chi connectivity index (χ2v) is 9.64. The molecule has 5 rings (SSSR count). The second kappa shape index (κ2) is 10.5. The van der Waals surface area contributed by atoms with Crippen molar-refractivity contribution in [2.45, 2.75) is 46.3 Å². The Morgan fingerprint density at radius 1 is 0.895 bits per heavy atom. The van der Waals surface area contributed by atoms with Crippen molar-refractivity contribution in [1.82, 2.24) is 24.5 Å². The largest absolute Gasteiger partial charge is 0.489 e. The lowest BCUT2D eigenvalue weighted by Gasteiger charge is -2.11. The van der Waals surface area contributed by atoms with Gasteiger partial charge in [0.15, 0.2) is 0 Å². The molecule has 3 heterocycles. The van der Waals surface area contributed by atoms with Crippen LogP contribution >= 0.6 is 0 Å². The summed E-state index contributed by atoms with van der Waals surface area (Å²) in [5.74, 6) is 2.21.